The van der Waals surface area contributed by atoms with Crippen molar-refractivity contribution in [3.63, 3.8) is 0 Å². The second kappa shape index (κ2) is 8.37. The van der Waals surface area contributed by atoms with Crippen molar-refractivity contribution in [3.8, 4) is 11.5 Å². The molecule has 0 bridgehead atoms. The van der Waals surface area contributed by atoms with Gasteiger partial charge in [-0.3, -0.25) is 4.99 Å². The van der Waals surface area contributed by atoms with Gasteiger partial charge in [-0.25, -0.2) is 0 Å². The minimum atomic E-state index is -3.89. The Kier molecular flexibility index (Phi) is 5.93. The molecular formula is C20H16BrNO4S. The lowest BCUT2D eigenvalue weighted by atomic mass is 10.2. The third-order valence-electron chi connectivity index (χ3n) is 3.62. The number of nitrogens with zero attached hydrogens (tertiary/aromatic N) is 1. The summed E-state index contributed by atoms with van der Waals surface area (Å²) in [4.78, 5) is 4.48. The molecule has 3 rings (SSSR count). The molecule has 0 spiro atoms. The highest BCUT2D eigenvalue weighted by Gasteiger charge is 2.17. The molecule has 0 aliphatic rings. The quantitative estimate of drug-likeness (QED) is 0.396. The average molecular weight is 446 g/mol. The molecule has 0 amide bonds. The van der Waals surface area contributed by atoms with Gasteiger partial charge in [-0.15, -0.1) is 0 Å². The molecule has 7 heteroatoms. The summed E-state index contributed by atoms with van der Waals surface area (Å²) in [5.74, 6) is 0.971. The SMILES string of the molecule is COc1ccc(N=Cc2ccc(OS(=O)(=O)c3ccccc3)c(Br)c2)cc1. The molecular weight excluding hydrogens is 430 g/mol. The molecule has 0 radical (unpaired) electrons. The summed E-state index contributed by atoms with van der Waals surface area (Å²) in [5.41, 5.74) is 1.57. The monoisotopic (exact) mass is 445 g/mol. The number of benzene rings is 3. The predicted molar refractivity (Wildman–Crippen MR) is 109 cm³/mol. The Labute approximate surface area is 166 Å². The molecule has 3 aromatic carbocycles. The van der Waals surface area contributed by atoms with Crippen molar-refractivity contribution in [1.82, 2.24) is 0 Å². The van der Waals surface area contributed by atoms with Crippen molar-refractivity contribution in [2.75, 3.05) is 7.11 Å². The molecule has 138 valence electrons. The molecule has 0 saturated heterocycles. The largest absolute Gasteiger partial charge is 0.497 e. The van der Waals surface area contributed by atoms with Crippen LogP contribution in [0, 0.1) is 0 Å². The van der Waals surface area contributed by atoms with Gasteiger partial charge in [-0.1, -0.05) is 18.2 Å². The fourth-order valence-corrected chi connectivity index (χ4v) is 3.79. The van der Waals surface area contributed by atoms with Gasteiger partial charge in [0, 0.05) is 6.21 Å². The minimum Gasteiger partial charge on any atom is -0.497 e. The van der Waals surface area contributed by atoms with Crippen LogP contribution in [0.15, 0.2) is 87.2 Å². The zero-order valence-corrected chi connectivity index (χ0v) is 16.8. The fraction of sp³-hybridized carbons (Fsp3) is 0.0500. The van der Waals surface area contributed by atoms with E-state index in [0.29, 0.717) is 4.47 Å². The van der Waals surface area contributed by atoms with Crippen LogP contribution < -0.4 is 8.92 Å². The van der Waals surface area contributed by atoms with Gasteiger partial charge in [-0.2, -0.15) is 8.42 Å². The van der Waals surface area contributed by atoms with Gasteiger partial charge in [0.25, 0.3) is 0 Å². The van der Waals surface area contributed by atoms with E-state index in [9.17, 15) is 8.42 Å². The van der Waals surface area contributed by atoms with Crippen LogP contribution in [-0.2, 0) is 10.1 Å². The van der Waals surface area contributed by atoms with Crippen molar-refractivity contribution in [3.05, 3.63) is 82.8 Å². The molecule has 0 aliphatic carbocycles. The molecule has 27 heavy (non-hydrogen) atoms. The van der Waals surface area contributed by atoms with Gasteiger partial charge < -0.3 is 8.92 Å². The van der Waals surface area contributed by atoms with Gasteiger partial charge in [0.15, 0.2) is 5.75 Å². The number of hydrogen-bond acceptors (Lipinski definition) is 5. The van der Waals surface area contributed by atoms with E-state index in [4.69, 9.17) is 8.92 Å². The van der Waals surface area contributed by atoms with Crippen LogP contribution in [0.2, 0.25) is 0 Å². The highest BCUT2D eigenvalue weighted by atomic mass is 79.9. The minimum absolute atomic E-state index is 0.0991. The Balaban J connectivity index is 1.76. The lowest BCUT2D eigenvalue weighted by Crippen LogP contribution is -2.09. The van der Waals surface area contributed by atoms with Crippen LogP contribution in [0.1, 0.15) is 5.56 Å². The van der Waals surface area contributed by atoms with E-state index < -0.39 is 10.1 Å². The number of aliphatic imine (C=N–C) groups is 1. The maximum atomic E-state index is 12.3. The van der Waals surface area contributed by atoms with E-state index in [1.807, 2.05) is 24.3 Å². The summed E-state index contributed by atoms with van der Waals surface area (Å²) < 4.78 is 35.5. The van der Waals surface area contributed by atoms with Gasteiger partial charge in [-0.05, 0) is 76.1 Å². The zero-order chi connectivity index (χ0) is 19.3. The number of ether oxygens (including phenoxy) is 1. The molecule has 0 fully saturated rings. The second-order valence-electron chi connectivity index (χ2n) is 5.50. The second-order valence-corrected chi connectivity index (χ2v) is 7.90. The van der Waals surface area contributed by atoms with Crippen molar-refractivity contribution in [2.45, 2.75) is 4.90 Å². The Hall–Kier alpha value is -2.64. The topological polar surface area (TPSA) is 65.0 Å². The Morgan fingerprint density at radius 3 is 2.30 bits per heavy atom. The van der Waals surface area contributed by atoms with E-state index in [2.05, 4.69) is 20.9 Å². The third-order valence-corrected chi connectivity index (χ3v) is 5.49. The summed E-state index contributed by atoms with van der Waals surface area (Å²) in [6.07, 6.45) is 1.68. The first kappa shape index (κ1) is 19.1. The molecule has 0 heterocycles. The number of methoxy groups -OCH3 is 1. The Morgan fingerprint density at radius 2 is 1.67 bits per heavy atom. The maximum Gasteiger partial charge on any atom is 0.339 e. The number of rotatable bonds is 6. The molecule has 5 nitrogen and oxygen atoms in total. The van der Waals surface area contributed by atoms with Gasteiger partial charge in [0.05, 0.1) is 17.3 Å². The molecule has 0 N–H and O–H groups in total. The van der Waals surface area contributed by atoms with Crippen molar-refractivity contribution < 1.29 is 17.3 Å². The highest BCUT2D eigenvalue weighted by molar-refractivity contribution is 9.10. The summed E-state index contributed by atoms with van der Waals surface area (Å²) in [7, 11) is -2.28. The standard InChI is InChI=1S/C20H16BrNO4S/c1-25-17-10-8-16(9-11-17)22-14-15-7-12-20(19(21)13-15)26-27(23,24)18-5-3-2-4-6-18/h2-14H,1H3. The lowest BCUT2D eigenvalue weighted by Gasteiger charge is -2.09. The smallest absolute Gasteiger partial charge is 0.339 e. The van der Waals surface area contributed by atoms with E-state index in [0.717, 1.165) is 17.0 Å². The molecule has 0 aliphatic heterocycles. The molecule has 0 atom stereocenters. The third kappa shape index (κ3) is 4.96. The van der Waals surface area contributed by atoms with Gasteiger partial charge in [0.2, 0.25) is 0 Å². The van der Waals surface area contributed by atoms with Crippen molar-refractivity contribution in [1.29, 1.82) is 0 Å². The summed E-state index contributed by atoms with van der Waals surface area (Å²) >= 11 is 3.35. The maximum absolute atomic E-state index is 12.3. The summed E-state index contributed by atoms with van der Waals surface area (Å²) in [5, 5.41) is 0. The van der Waals surface area contributed by atoms with Crippen LogP contribution in [0.4, 0.5) is 5.69 Å². The predicted octanol–water partition coefficient (Wildman–Crippen LogP) is 4.98. The van der Waals surface area contributed by atoms with Gasteiger partial charge in [0.1, 0.15) is 10.6 Å². The van der Waals surface area contributed by atoms with E-state index >= 15 is 0 Å². The van der Waals surface area contributed by atoms with Crippen molar-refractivity contribution >= 4 is 38.0 Å². The van der Waals surface area contributed by atoms with Crippen LogP contribution in [0.5, 0.6) is 11.5 Å². The summed E-state index contributed by atoms with van der Waals surface area (Å²) in [6, 6.07) is 20.4. The van der Waals surface area contributed by atoms with E-state index in [-0.39, 0.29) is 10.6 Å². The summed E-state index contributed by atoms with van der Waals surface area (Å²) in [6.45, 7) is 0. The Morgan fingerprint density at radius 1 is 0.963 bits per heavy atom. The van der Waals surface area contributed by atoms with E-state index in [1.165, 1.54) is 12.1 Å². The first-order chi connectivity index (χ1) is 13.0. The first-order valence-corrected chi connectivity index (χ1v) is 10.2. The van der Waals surface area contributed by atoms with Gasteiger partial charge >= 0.3 is 10.1 Å². The lowest BCUT2D eigenvalue weighted by molar-refractivity contribution is 0.415. The first-order valence-electron chi connectivity index (χ1n) is 7.95. The fourth-order valence-electron chi connectivity index (χ4n) is 2.24. The average Bonchev–Trinajstić information content (AvgIpc) is 2.69. The van der Waals surface area contributed by atoms with Crippen LogP contribution >= 0.6 is 15.9 Å². The number of halogens is 1. The normalized spacial score (nSPS) is 11.5. The Bertz CT molecular complexity index is 1050. The number of hydrogen-bond donors (Lipinski definition) is 0. The molecule has 0 unspecified atom stereocenters. The van der Waals surface area contributed by atoms with Crippen LogP contribution in [0.3, 0.4) is 0 Å². The highest BCUT2D eigenvalue weighted by Crippen LogP contribution is 2.29. The van der Waals surface area contributed by atoms with Crippen LogP contribution in [0.25, 0.3) is 0 Å². The van der Waals surface area contributed by atoms with Crippen molar-refractivity contribution in [2.24, 2.45) is 4.99 Å². The zero-order valence-electron chi connectivity index (χ0n) is 14.4. The molecule has 0 saturated carbocycles. The van der Waals surface area contributed by atoms with E-state index in [1.54, 1.807) is 49.7 Å². The van der Waals surface area contributed by atoms with Crippen LogP contribution in [-0.4, -0.2) is 21.7 Å². The molecule has 3 aromatic rings. The molecule has 0 aromatic heterocycles.